The Morgan fingerprint density at radius 3 is 2.62 bits per heavy atom. The summed E-state index contributed by atoms with van der Waals surface area (Å²) in [4.78, 5) is 21.3. The van der Waals surface area contributed by atoms with E-state index in [-0.39, 0.29) is 17.3 Å². The highest BCUT2D eigenvalue weighted by Crippen LogP contribution is 2.47. The van der Waals surface area contributed by atoms with Gasteiger partial charge in [-0.2, -0.15) is 0 Å². The highest BCUT2D eigenvalue weighted by Gasteiger charge is 2.58. The maximum absolute atomic E-state index is 14.8. The Morgan fingerprint density at radius 2 is 2.00 bits per heavy atom. The lowest BCUT2D eigenvalue weighted by Crippen LogP contribution is -2.61. The molecule has 160 valence electrons. The van der Waals surface area contributed by atoms with Crippen molar-refractivity contribution in [1.82, 2.24) is 10.3 Å². The highest BCUT2D eigenvalue weighted by molar-refractivity contribution is 7.96. The average Bonchev–Trinajstić information content (AvgIpc) is 2.98. The summed E-state index contributed by atoms with van der Waals surface area (Å²) >= 11 is 0. The smallest absolute Gasteiger partial charge is 0.413 e. The average molecular weight is 426 g/mol. The van der Waals surface area contributed by atoms with Gasteiger partial charge in [0.1, 0.15) is 39.1 Å². The number of carbonyl (C=O) groups excluding carboxylic acids is 1. The third kappa shape index (κ3) is 3.47. The molecule has 29 heavy (non-hydrogen) atoms. The van der Waals surface area contributed by atoms with Gasteiger partial charge < -0.3 is 10.5 Å². The molecule has 8 nitrogen and oxygen atoms in total. The minimum atomic E-state index is -2.92. The number of fused-ring (bicyclic) bond motifs is 1. The van der Waals surface area contributed by atoms with E-state index in [0.29, 0.717) is 13.0 Å². The molecule has 0 saturated heterocycles. The van der Waals surface area contributed by atoms with Crippen LogP contribution in [-0.2, 0) is 20.0 Å². The van der Waals surface area contributed by atoms with Crippen LogP contribution in [0.25, 0.3) is 0 Å². The van der Waals surface area contributed by atoms with E-state index in [9.17, 15) is 13.4 Å². The first kappa shape index (κ1) is 21.5. The van der Waals surface area contributed by atoms with Crippen LogP contribution in [0.5, 0.6) is 0 Å². The van der Waals surface area contributed by atoms with Gasteiger partial charge >= 0.3 is 6.09 Å². The fourth-order valence-electron chi connectivity index (χ4n) is 3.84. The first-order chi connectivity index (χ1) is 13.2. The predicted octanol–water partition coefficient (Wildman–Crippen LogP) is 2.97. The summed E-state index contributed by atoms with van der Waals surface area (Å²) in [6.45, 7) is 10.7. The van der Waals surface area contributed by atoms with Crippen molar-refractivity contribution < 1.29 is 18.1 Å². The number of ether oxygens (including phenoxy) is 1. The van der Waals surface area contributed by atoms with E-state index in [2.05, 4.69) is 14.7 Å². The summed E-state index contributed by atoms with van der Waals surface area (Å²) in [7, 11) is -2.92. The molecule has 3 rings (SSSR count). The summed E-state index contributed by atoms with van der Waals surface area (Å²) in [5, 5.41) is 2.06. The number of rotatable bonds is 1. The number of halogens is 1. The van der Waals surface area contributed by atoms with Crippen molar-refractivity contribution in [2.75, 3.05) is 12.3 Å². The molecule has 3 atom stereocenters. The fourth-order valence-corrected chi connectivity index (χ4v) is 7.01. The van der Waals surface area contributed by atoms with E-state index in [4.69, 9.17) is 15.5 Å². The Balaban J connectivity index is 2.18. The lowest BCUT2D eigenvalue weighted by Gasteiger charge is -2.44. The molecule has 2 aliphatic rings. The third-order valence-electron chi connectivity index (χ3n) is 5.30. The third-order valence-corrected chi connectivity index (χ3v) is 8.99. The maximum atomic E-state index is 14.8. The van der Waals surface area contributed by atoms with Crippen molar-refractivity contribution in [2.24, 2.45) is 9.36 Å². The highest BCUT2D eigenvalue weighted by atomic mass is 32.2. The first-order valence-electron chi connectivity index (χ1n) is 9.45. The number of nitrogens with zero attached hydrogens (tertiary/aromatic N) is 3. The summed E-state index contributed by atoms with van der Waals surface area (Å²) in [6.07, 6.45) is -0.259. The van der Waals surface area contributed by atoms with Crippen LogP contribution in [0.4, 0.5) is 15.0 Å². The zero-order valence-electron chi connectivity index (χ0n) is 17.6. The van der Waals surface area contributed by atoms with E-state index in [0.717, 1.165) is 0 Å². The molecule has 0 radical (unpaired) electrons. The second kappa shape index (κ2) is 6.65. The second-order valence-corrected chi connectivity index (χ2v) is 12.0. The van der Waals surface area contributed by atoms with Gasteiger partial charge in [-0.1, -0.05) is 0 Å². The van der Waals surface area contributed by atoms with Crippen LogP contribution in [0.3, 0.4) is 0 Å². The Kier molecular flexibility index (Phi) is 4.92. The second-order valence-electron chi connectivity index (χ2n) is 9.01. The van der Waals surface area contributed by atoms with Crippen LogP contribution in [0.1, 0.15) is 53.7 Å². The van der Waals surface area contributed by atoms with E-state index in [1.807, 2.05) is 0 Å². The quantitative estimate of drug-likeness (QED) is 0.717. The van der Waals surface area contributed by atoms with E-state index in [1.54, 1.807) is 41.5 Å². The van der Waals surface area contributed by atoms with Crippen molar-refractivity contribution in [3.8, 4) is 0 Å². The van der Waals surface area contributed by atoms with Gasteiger partial charge in [-0.15, -0.1) is 0 Å². The van der Waals surface area contributed by atoms with Crippen LogP contribution in [0.15, 0.2) is 21.5 Å². The van der Waals surface area contributed by atoms with Gasteiger partial charge in [0.25, 0.3) is 0 Å². The van der Waals surface area contributed by atoms with Crippen molar-refractivity contribution >= 4 is 27.5 Å². The molecule has 1 aromatic rings. The molecule has 0 saturated carbocycles. The number of nitrogens with one attached hydrogen (secondary N) is 1. The number of hydrogen-bond acceptors (Lipinski definition) is 7. The summed E-state index contributed by atoms with van der Waals surface area (Å²) in [6, 6.07) is 2.57. The van der Waals surface area contributed by atoms with Crippen LogP contribution < -0.4 is 11.1 Å². The van der Waals surface area contributed by atoms with Gasteiger partial charge in [-0.3, -0.25) is 10.3 Å². The number of hydrogen-bond donors (Lipinski definition) is 2. The van der Waals surface area contributed by atoms with Crippen molar-refractivity contribution in [3.63, 3.8) is 0 Å². The minimum absolute atomic E-state index is 0.00804. The molecule has 3 N–H and O–H groups in total. The number of pyridine rings is 1. The minimum Gasteiger partial charge on any atom is -0.444 e. The molecule has 0 fully saturated rings. The van der Waals surface area contributed by atoms with Gasteiger partial charge in [-0.05, 0) is 60.1 Å². The number of amides is 1. The number of carbonyl (C=O) groups is 1. The number of anilines is 1. The van der Waals surface area contributed by atoms with Crippen LogP contribution in [0.2, 0.25) is 0 Å². The molecule has 0 spiro atoms. The number of nitrogen functional groups attached to an aromatic ring is 1. The van der Waals surface area contributed by atoms with E-state index in [1.165, 1.54) is 12.1 Å². The maximum Gasteiger partial charge on any atom is 0.413 e. The molecule has 0 aromatic carbocycles. The molecule has 0 unspecified atom stereocenters. The number of amidine groups is 1. The van der Waals surface area contributed by atoms with Gasteiger partial charge in [0.2, 0.25) is 0 Å². The van der Waals surface area contributed by atoms with Crippen LogP contribution in [0, 0.1) is 5.82 Å². The lowest BCUT2D eigenvalue weighted by molar-refractivity contribution is 0.0560. The van der Waals surface area contributed by atoms with Gasteiger partial charge in [-0.25, -0.2) is 22.7 Å². The van der Waals surface area contributed by atoms with Crippen molar-refractivity contribution in [3.05, 3.63) is 23.6 Å². The van der Waals surface area contributed by atoms with Gasteiger partial charge in [0.05, 0.1) is 15.0 Å². The first-order valence-corrected chi connectivity index (χ1v) is 11.0. The van der Waals surface area contributed by atoms with Gasteiger partial charge in [0.15, 0.2) is 0 Å². The largest absolute Gasteiger partial charge is 0.444 e. The Hall–Kier alpha value is -2.23. The number of aromatic nitrogens is 1. The topological polar surface area (TPSA) is 119 Å². The summed E-state index contributed by atoms with van der Waals surface area (Å²) in [5.74, 6) is -0.342. The summed E-state index contributed by atoms with van der Waals surface area (Å²) < 4.78 is 37.5. The molecule has 10 heteroatoms. The van der Waals surface area contributed by atoms with Crippen LogP contribution >= 0.6 is 0 Å². The van der Waals surface area contributed by atoms with Crippen molar-refractivity contribution in [1.29, 1.82) is 0 Å². The SMILES string of the molecule is CC(C)(C)OC(=O)NC1=N[C@](C)(c2nc(N)ccc2F)[C@H]2CCN=[S@@]2(=O)C1(C)C. The molecule has 0 aliphatic carbocycles. The van der Waals surface area contributed by atoms with Gasteiger partial charge in [0, 0.05) is 6.54 Å². The van der Waals surface area contributed by atoms with E-state index >= 15 is 0 Å². The predicted molar refractivity (Wildman–Crippen MR) is 111 cm³/mol. The molecule has 2 aliphatic heterocycles. The number of alkyl carbamates (subject to hydrolysis) is 1. The Morgan fingerprint density at radius 1 is 1.34 bits per heavy atom. The summed E-state index contributed by atoms with van der Waals surface area (Å²) in [5.41, 5.74) is 3.75. The molecule has 3 heterocycles. The Labute approximate surface area is 170 Å². The number of aliphatic imine (C=N–C) groups is 1. The normalized spacial score (nSPS) is 30.7. The lowest BCUT2D eigenvalue weighted by atomic mass is 9.89. The number of nitrogens with two attached hydrogens (primary N) is 1. The van der Waals surface area contributed by atoms with E-state index < -0.39 is 42.8 Å². The van der Waals surface area contributed by atoms with Crippen molar-refractivity contribution in [2.45, 2.75) is 69.1 Å². The zero-order valence-corrected chi connectivity index (χ0v) is 18.4. The molecule has 1 aromatic heterocycles. The Bertz CT molecular complexity index is 1010. The molecular weight excluding hydrogens is 397 g/mol. The zero-order chi connectivity index (χ0) is 21.8. The molecule has 0 bridgehead atoms. The molecular formula is C19H28FN5O3S. The molecule has 1 amide bonds. The monoisotopic (exact) mass is 425 g/mol. The standard InChI is InChI=1S/C19H28FN5O3S/c1-17(2,3)28-16(26)24-15-18(4,5)29(27)12(9-10-22-29)19(6,25-15)14-11(20)7-8-13(21)23-14/h7-8,12H,9-10H2,1-6H3,(H2,21,23)(H,24,25,26)/t12-,19+,29+/m1/s1. The van der Waals surface area contributed by atoms with Crippen LogP contribution in [-0.4, -0.2) is 43.3 Å². The fraction of sp³-hybridized carbons (Fsp3) is 0.632.